The van der Waals surface area contributed by atoms with Crippen molar-refractivity contribution >= 4 is 17.6 Å². The Morgan fingerprint density at radius 2 is 1.83 bits per heavy atom. The summed E-state index contributed by atoms with van der Waals surface area (Å²) in [7, 11) is 2.07. The zero-order valence-electron chi connectivity index (χ0n) is 17.3. The first-order valence-corrected chi connectivity index (χ1v) is 10.3. The number of fused-ring (bicyclic) bond motifs is 1. The van der Waals surface area contributed by atoms with Crippen molar-refractivity contribution in [3.8, 4) is 0 Å². The lowest BCUT2D eigenvalue weighted by Crippen LogP contribution is -2.47. The fourth-order valence-corrected chi connectivity index (χ4v) is 4.00. The van der Waals surface area contributed by atoms with E-state index in [9.17, 15) is 9.59 Å². The number of aromatic nitrogens is 3. The molecule has 0 radical (unpaired) electrons. The van der Waals surface area contributed by atoms with Crippen LogP contribution in [-0.4, -0.2) is 93.6 Å². The molecule has 0 aliphatic carbocycles. The Kier molecular flexibility index (Phi) is 5.40. The van der Waals surface area contributed by atoms with Crippen LogP contribution < -0.4 is 5.32 Å². The molecule has 4 heterocycles. The Hall–Kier alpha value is -2.68. The predicted molar refractivity (Wildman–Crippen MR) is 109 cm³/mol. The summed E-state index contributed by atoms with van der Waals surface area (Å²) in [6.07, 6.45) is 2.69. The summed E-state index contributed by atoms with van der Waals surface area (Å²) in [5.74, 6) is 0.966. The monoisotopic (exact) mass is 399 g/mol. The minimum absolute atomic E-state index is 0.0396. The van der Waals surface area contributed by atoms with E-state index in [4.69, 9.17) is 0 Å². The van der Waals surface area contributed by atoms with Gasteiger partial charge in [0.1, 0.15) is 5.82 Å². The normalized spacial score (nSPS) is 20.6. The summed E-state index contributed by atoms with van der Waals surface area (Å²) in [6.45, 7) is 8.47. The average molecular weight is 399 g/mol. The van der Waals surface area contributed by atoms with Crippen molar-refractivity contribution in [2.45, 2.75) is 32.2 Å². The summed E-state index contributed by atoms with van der Waals surface area (Å²) in [6, 6.07) is 3.74. The number of carbonyl (C=O) groups excluding carboxylic acids is 2. The number of rotatable bonds is 3. The van der Waals surface area contributed by atoms with Gasteiger partial charge in [-0.15, -0.1) is 10.2 Å². The molecular weight excluding hydrogens is 370 g/mol. The van der Waals surface area contributed by atoms with Gasteiger partial charge in [0, 0.05) is 57.4 Å². The van der Waals surface area contributed by atoms with Crippen molar-refractivity contribution < 1.29 is 9.59 Å². The number of urea groups is 1. The first kappa shape index (κ1) is 19.6. The van der Waals surface area contributed by atoms with Crippen LogP contribution in [0.1, 0.15) is 42.4 Å². The van der Waals surface area contributed by atoms with Gasteiger partial charge in [0.05, 0.1) is 5.56 Å². The molecule has 2 saturated heterocycles. The molecule has 4 rings (SSSR count). The first-order chi connectivity index (χ1) is 13.9. The minimum Gasteiger partial charge on any atom is -0.336 e. The van der Waals surface area contributed by atoms with E-state index in [1.165, 1.54) is 0 Å². The number of hydrogen-bond donors (Lipinski definition) is 1. The van der Waals surface area contributed by atoms with E-state index in [1.54, 1.807) is 0 Å². The lowest BCUT2D eigenvalue weighted by atomic mass is 10.1. The van der Waals surface area contributed by atoms with Crippen molar-refractivity contribution in [3.63, 3.8) is 0 Å². The van der Waals surface area contributed by atoms with Crippen LogP contribution in [0, 0.1) is 0 Å². The van der Waals surface area contributed by atoms with Gasteiger partial charge in [0.2, 0.25) is 0 Å². The summed E-state index contributed by atoms with van der Waals surface area (Å²) in [4.78, 5) is 31.2. The van der Waals surface area contributed by atoms with Crippen molar-refractivity contribution in [1.29, 1.82) is 0 Å². The van der Waals surface area contributed by atoms with Gasteiger partial charge in [0.15, 0.2) is 5.65 Å². The third-order valence-corrected chi connectivity index (χ3v) is 5.72. The van der Waals surface area contributed by atoms with Crippen LogP contribution >= 0.6 is 0 Å². The number of nitrogens with zero attached hydrogens (tertiary/aromatic N) is 6. The first-order valence-electron chi connectivity index (χ1n) is 10.3. The van der Waals surface area contributed by atoms with Gasteiger partial charge in [0.25, 0.3) is 5.91 Å². The molecule has 9 heteroatoms. The quantitative estimate of drug-likeness (QED) is 0.833. The topological polar surface area (TPSA) is 86.1 Å². The van der Waals surface area contributed by atoms with Crippen LogP contribution in [-0.2, 0) is 0 Å². The number of amides is 3. The third kappa shape index (κ3) is 4.05. The Bertz CT molecular complexity index is 901. The lowest BCUT2D eigenvalue weighted by molar-refractivity contribution is 0.0663. The van der Waals surface area contributed by atoms with E-state index in [0.29, 0.717) is 18.7 Å². The summed E-state index contributed by atoms with van der Waals surface area (Å²) >= 11 is 0. The molecule has 2 aliphatic rings. The van der Waals surface area contributed by atoms with Crippen LogP contribution in [0.25, 0.3) is 5.65 Å². The van der Waals surface area contributed by atoms with E-state index in [1.807, 2.05) is 46.4 Å². The van der Waals surface area contributed by atoms with E-state index in [-0.39, 0.29) is 23.9 Å². The van der Waals surface area contributed by atoms with Gasteiger partial charge in [-0.2, -0.15) is 0 Å². The molecule has 9 nitrogen and oxygen atoms in total. The number of carbonyl (C=O) groups is 2. The van der Waals surface area contributed by atoms with Crippen LogP contribution in [0.15, 0.2) is 18.3 Å². The molecule has 2 aromatic rings. The molecule has 1 atom stereocenters. The molecule has 2 aromatic heterocycles. The molecule has 0 saturated carbocycles. The van der Waals surface area contributed by atoms with Gasteiger partial charge in [-0.05, 0) is 39.4 Å². The van der Waals surface area contributed by atoms with Crippen LogP contribution in [0.4, 0.5) is 4.79 Å². The van der Waals surface area contributed by atoms with Crippen LogP contribution in [0.5, 0.6) is 0 Å². The Labute approximate surface area is 170 Å². The van der Waals surface area contributed by atoms with Crippen LogP contribution in [0.2, 0.25) is 0 Å². The number of likely N-dealkylation sites (N-methyl/N-ethyl adjacent to an activating group) is 1. The van der Waals surface area contributed by atoms with E-state index >= 15 is 0 Å². The molecule has 0 spiro atoms. The van der Waals surface area contributed by atoms with Crippen molar-refractivity contribution in [2.24, 2.45) is 0 Å². The fraction of sp³-hybridized carbons (Fsp3) is 0.600. The van der Waals surface area contributed by atoms with Gasteiger partial charge >= 0.3 is 6.03 Å². The van der Waals surface area contributed by atoms with E-state index < -0.39 is 0 Å². The Balaban J connectivity index is 1.52. The maximum atomic E-state index is 12.9. The SMILES string of the molecule is CC(C)NC(=O)N1CC[C@H](c2nnc3ccc(C(=O)N4CCN(C)CC4)cn23)C1. The van der Waals surface area contributed by atoms with Gasteiger partial charge in [-0.1, -0.05) is 0 Å². The zero-order chi connectivity index (χ0) is 20.5. The highest BCUT2D eigenvalue weighted by molar-refractivity contribution is 5.94. The summed E-state index contributed by atoms with van der Waals surface area (Å²) in [5.41, 5.74) is 1.37. The highest BCUT2D eigenvalue weighted by Gasteiger charge is 2.31. The van der Waals surface area contributed by atoms with Crippen molar-refractivity contribution in [3.05, 3.63) is 29.7 Å². The molecule has 0 aromatic carbocycles. The molecule has 3 amide bonds. The second kappa shape index (κ2) is 7.98. The molecule has 156 valence electrons. The second-order valence-electron chi connectivity index (χ2n) is 8.34. The standard InChI is InChI=1S/C20H29N7O2/c1-14(2)21-20(29)26-7-6-15(12-26)18-23-22-17-5-4-16(13-27(17)18)19(28)25-10-8-24(3)9-11-25/h4-5,13-15H,6-12H2,1-3H3,(H,21,29)/t15-/m0/s1. The highest BCUT2D eigenvalue weighted by Crippen LogP contribution is 2.26. The molecule has 0 unspecified atom stereocenters. The smallest absolute Gasteiger partial charge is 0.317 e. The zero-order valence-corrected chi connectivity index (χ0v) is 17.3. The molecular formula is C20H29N7O2. The molecule has 1 N–H and O–H groups in total. The largest absolute Gasteiger partial charge is 0.336 e. The average Bonchev–Trinajstić information content (AvgIpc) is 3.34. The number of pyridine rings is 1. The minimum atomic E-state index is -0.0396. The summed E-state index contributed by atoms with van der Waals surface area (Å²) < 4.78 is 1.91. The molecule has 2 aliphatic heterocycles. The maximum Gasteiger partial charge on any atom is 0.317 e. The van der Waals surface area contributed by atoms with Gasteiger partial charge in [-0.25, -0.2) is 4.79 Å². The summed E-state index contributed by atoms with van der Waals surface area (Å²) in [5, 5.41) is 11.6. The van der Waals surface area contributed by atoms with Gasteiger partial charge in [-0.3, -0.25) is 9.20 Å². The number of piperazine rings is 1. The van der Waals surface area contributed by atoms with Crippen molar-refractivity contribution in [1.82, 2.24) is 34.6 Å². The lowest BCUT2D eigenvalue weighted by Gasteiger charge is -2.32. The molecule has 0 bridgehead atoms. The predicted octanol–water partition coefficient (Wildman–Crippen LogP) is 1.02. The Morgan fingerprint density at radius 1 is 1.07 bits per heavy atom. The number of nitrogens with one attached hydrogen (secondary N) is 1. The van der Waals surface area contributed by atoms with Gasteiger partial charge < -0.3 is 20.0 Å². The second-order valence-corrected chi connectivity index (χ2v) is 8.34. The number of hydrogen-bond acceptors (Lipinski definition) is 5. The highest BCUT2D eigenvalue weighted by atomic mass is 16.2. The molecule has 2 fully saturated rings. The number of likely N-dealkylation sites (tertiary alicyclic amines) is 1. The van der Waals surface area contributed by atoms with Crippen molar-refractivity contribution in [2.75, 3.05) is 46.3 Å². The maximum absolute atomic E-state index is 12.9. The van der Waals surface area contributed by atoms with E-state index in [0.717, 1.165) is 44.1 Å². The molecule has 29 heavy (non-hydrogen) atoms. The Morgan fingerprint density at radius 3 is 2.55 bits per heavy atom. The third-order valence-electron chi connectivity index (χ3n) is 5.72. The van der Waals surface area contributed by atoms with E-state index in [2.05, 4.69) is 27.5 Å². The fourth-order valence-electron chi connectivity index (χ4n) is 4.00. The van der Waals surface area contributed by atoms with Crippen LogP contribution in [0.3, 0.4) is 0 Å².